The number of carbonyl (C=O) groups excluding carboxylic acids is 1. The number of rotatable bonds is 6. The largest absolute Gasteiger partial charge is 0.493 e. The van der Waals surface area contributed by atoms with Gasteiger partial charge in [0.25, 0.3) is 5.56 Å². The predicted octanol–water partition coefficient (Wildman–Crippen LogP) is 3.47. The lowest BCUT2D eigenvalue weighted by atomic mass is 10.1. The van der Waals surface area contributed by atoms with E-state index in [9.17, 15) is 9.59 Å². The van der Waals surface area contributed by atoms with E-state index < -0.39 is 0 Å². The van der Waals surface area contributed by atoms with Gasteiger partial charge in [-0.15, -0.1) is 0 Å². The van der Waals surface area contributed by atoms with Crippen LogP contribution in [-0.4, -0.2) is 34.3 Å². The molecule has 4 rings (SSSR count). The maximum atomic E-state index is 12.9. The van der Waals surface area contributed by atoms with Crippen LogP contribution in [0.2, 0.25) is 5.02 Å². The Morgan fingerprint density at radius 3 is 2.58 bits per heavy atom. The van der Waals surface area contributed by atoms with Gasteiger partial charge in [-0.3, -0.25) is 9.59 Å². The fraction of sp³-hybridized carbons (Fsp3) is 0.136. The van der Waals surface area contributed by atoms with Gasteiger partial charge in [0, 0.05) is 18.0 Å². The highest BCUT2D eigenvalue weighted by molar-refractivity contribution is 6.33. The maximum absolute atomic E-state index is 12.9. The summed E-state index contributed by atoms with van der Waals surface area (Å²) >= 11 is 6.07. The number of amides is 1. The van der Waals surface area contributed by atoms with Gasteiger partial charge in [-0.1, -0.05) is 23.7 Å². The zero-order chi connectivity index (χ0) is 22.0. The summed E-state index contributed by atoms with van der Waals surface area (Å²) in [4.78, 5) is 25.3. The average molecular weight is 439 g/mol. The molecule has 4 aromatic rings. The number of nitrogens with one attached hydrogen (secondary N) is 1. The van der Waals surface area contributed by atoms with Crippen LogP contribution in [0.1, 0.15) is 0 Å². The van der Waals surface area contributed by atoms with Crippen molar-refractivity contribution in [1.82, 2.24) is 14.2 Å². The molecule has 2 heterocycles. The molecule has 0 spiro atoms. The van der Waals surface area contributed by atoms with Gasteiger partial charge in [-0.05, 0) is 36.4 Å². The number of benzene rings is 2. The van der Waals surface area contributed by atoms with Crippen LogP contribution in [0, 0.1) is 0 Å². The standard InChI is InChI=1S/C22H19ClN4O4/c1-30-19-8-7-14(11-20(19)31-2)17-12-18-22(29)26(9-10-27(18)25-17)13-21(28)24-16-6-4-3-5-15(16)23/h3-12H,13H2,1-2H3,(H,24,28). The highest BCUT2D eigenvalue weighted by Gasteiger charge is 2.14. The Morgan fingerprint density at radius 1 is 1.06 bits per heavy atom. The molecule has 158 valence electrons. The Labute approximate surface area is 182 Å². The van der Waals surface area contributed by atoms with E-state index in [0.29, 0.717) is 33.4 Å². The molecule has 31 heavy (non-hydrogen) atoms. The molecule has 8 nitrogen and oxygen atoms in total. The number of methoxy groups -OCH3 is 2. The van der Waals surface area contributed by atoms with Crippen molar-refractivity contribution in [2.45, 2.75) is 6.54 Å². The van der Waals surface area contributed by atoms with Crippen LogP contribution in [0.25, 0.3) is 16.8 Å². The lowest BCUT2D eigenvalue weighted by Gasteiger charge is -2.08. The van der Waals surface area contributed by atoms with E-state index in [2.05, 4.69) is 10.4 Å². The topological polar surface area (TPSA) is 86.9 Å². The number of carbonyl (C=O) groups is 1. The third kappa shape index (κ3) is 4.10. The number of aromatic nitrogens is 3. The van der Waals surface area contributed by atoms with Gasteiger partial charge >= 0.3 is 0 Å². The normalized spacial score (nSPS) is 10.8. The van der Waals surface area contributed by atoms with Crippen molar-refractivity contribution in [1.29, 1.82) is 0 Å². The minimum absolute atomic E-state index is 0.155. The van der Waals surface area contributed by atoms with E-state index in [4.69, 9.17) is 21.1 Å². The van der Waals surface area contributed by atoms with Crippen molar-refractivity contribution in [3.05, 3.63) is 76.3 Å². The summed E-state index contributed by atoms with van der Waals surface area (Å²) in [5.41, 5.74) is 1.86. The number of halogens is 1. The lowest BCUT2D eigenvalue weighted by Crippen LogP contribution is -2.28. The summed E-state index contributed by atoms with van der Waals surface area (Å²) in [5, 5.41) is 7.60. The Balaban J connectivity index is 1.62. The molecule has 0 atom stereocenters. The van der Waals surface area contributed by atoms with Crippen LogP contribution in [0.5, 0.6) is 11.5 Å². The van der Waals surface area contributed by atoms with E-state index in [1.54, 1.807) is 62.9 Å². The molecular formula is C22H19ClN4O4. The molecule has 2 aromatic heterocycles. The molecule has 0 bridgehead atoms. The van der Waals surface area contributed by atoms with Gasteiger partial charge < -0.3 is 19.4 Å². The molecule has 0 fully saturated rings. The molecule has 0 aliphatic rings. The van der Waals surface area contributed by atoms with Crippen molar-refractivity contribution in [3.63, 3.8) is 0 Å². The first-order valence-electron chi connectivity index (χ1n) is 9.36. The molecule has 0 aliphatic heterocycles. The van der Waals surface area contributed by atoms with Gasteiger partial charge in [0.05, 0.1) is 30.6 Å². The molecule has 2 aromatic carbocycles. The second-order valence-electron chi connectivity index (χ2n) is 6.69. The van der Waals surface area contributed by atoms with Crippen LogP contribution in [0.3, 0.4) is 0 Å². The number of hydrogen-bond acceptors (Lipinski definition) is 5. The molecule has 9 heteroatoms. The lowest BCUT2D eigenvalue weighted by molar-refractivity contribution is -0.116. The van der Waals surface area contributed by atoms with Crippen LogP contribution >= 0.6 is 11.6 Å². The summed E-state index contributed by atoms with van der Waals surface area (Å²) in [6, 6.07) is 14.0. The third-order valence-corrected chi connectivity index (χ3v) is 5.07. The Hall–Kier alpha value is -3.78. The number of nitrogens with zero attached hydrogens (tertiary/aromatic N) is 3. The van der Waals surface area contributed by atoms with Gasteiger partial charge in [0.15, 0.2) is 11.5 Å². The van der Waals surface area contributed by atoms with E-state index in [0.717, 1.165) is 5.56 Å². The first-order chi connectivity index (χ1) is 15.0. The zero-order valence-electron chi connectivity index (χ0n) is 16.8. The summed E-state index contributed by atoms with van der Waals surface area (Å²) in [7, 11) is 3.12. The van der Waals surface area contributed by atoms with E-state index in [1.165, 1.54) is 15.3 Å². The van der Waals surface area contributed by atoms with Gasteiger partial charge in [-0.25, -0.2) is 4.52 Å². The number of ether oxygens (including phenoxy) is 2. The number of hydrogen-bond donors (Lipinski definition) is 1. The van der Waals surface area contributed by atoms with E-state index >= 15 is 0 Å². The van der Waals surface area contributed by atoms with E-state index in [-0.39, 0.29) is 18.0 Å². The quantitative estimate of drug-likeness (QED) is 0.498. The van der Waals surface area contributed by atoms with Crippen molar-refractivity contribution in [3.8, 4) is 22.8 Å². The minimum Gasteiger partial charge on any atom is -0.493 e. The minimum atomic E-state index is -0.362. The number of para-hydroxylation sites is 1. The van der Waals surface area contributed by atoms with Crippen LogP contribution in [-0.2, 0) is 11.3 Å². The van der Waals surface area contributed by atoms with Crippen LogP contribution in [0.4, 0.5) is 5.69 Å². The molecule has 0 unspecified atom stereocenters. The summed E-state index contributed by atoms with van der Waals surface area (Å²) < 4.78 is 13.4. The number of fused-ring (bicyclic) bond motifs is 1. The van der Waals surface area contributed by atoms with Crippen molar-refractivity contribution >= 4 is 28.7 Å². The Morgan fingerprint density at radius 2 is 1.84 bits per heavy atom. The second kappa shape index (κ2) is 8.53. The van der Waals surface area contributed by atoms with Crippen molar-refractivity contribution in [2.24, 2.45) is 0 Å². The predicted molar refractivity (Wildman–Crippen MR) is 118 cm³/mol. The SMILES string of the molecule is COc1ccc(-c2cc3c(=O)n(CC(=O)Nc4ccccc4Cl)ccn3n2)cc1OC. The first-order valence-corrected chi connectivity index (χ1v) is 9.73. The van der Waals surface area contributed by atoms with Crippen LogP contribution in [0.15, 0.2) is 65.7 Å². The maximum Gasteiger partial charge on any atom is 0.277 e. The molecule has 0 radical (unpaired) electrons. The summed E-state index contributed by atoms with van der Waals surface area (Å²) in [6.45, 7) is -0.155. The Bertz CT molecular complexity index is 1330. The highest BCUT2D eigenvalue weighted by Crippen LogP contribution is 2.31. The van der Waals surface area contributed by atoms with Gasteiger partial charge in [0.1, 0.15) is 12.1 Å². The smallest absolute Gasteiger partial charge is 0.277 e. The second-order valence-corrected chi connectivity index (χ2v) is 7.10. The summed E-state index contributed by atoms with van der Waals surface area (Å²) in [6.07, 6.45) is 3.15. The van der Waals surface area contributed by atoms with Gasteiger partial charge in [-0.2, -0.15) is 5.10 Å². The molecule has 0 saturated heterocycles. The first kappa shape index (κ1) is 20.5. The third-order valence-electron chi connectivity index (χ3n) is 4.74. The fourth-order valence-electron chi connectivity index (χ4n) is 3.19. The zero-order valence-corrected chi connectivity index (χ0v) is 17.6. The summed E-state index contributed by atoms with van der Waals surface area (Å²) in [5.74, 6) is 0.798. The van der Waals surface area contributed by atoms with Crippen LogP contribution < -0.4 is 20.3 Å². The van der Waals surface area contributed by atoms with Crippen molar-refractivity contribution < 1.29 is 14.3 Å². The molecular weight excluding hydrogens is 420 g/mol. The molecule has 1 amide bonds. The molecule has 0 aliphatic carbocycles. The highest BCUT2D eigenvalue weighted by atomic mass is 35.5. The molecule has 0 saturated carbocycles. The monoisotopic (exact) mass is 438 g/mol. The van der Waals surface area contributed by atoms with Gasteiger partial charge in [0.2, 0.25) is 5.91 Å². The number of anilines is 1. The Kier molecular flexibility index (Phi) is 5.64. The average Bonchev–Trinajstić information content (AvgIpc) is 3.22. The van der Waals surface area contributed by atoms with E-state index in [1.807, 2.05) is 6.07 Å². The molecule has 1 N–H and O–H groups in total. The fourth-order valence-corrected chi connectivity index (χ4v) is 3.38. The van der Waals surface area contributed by atoms with Crippen molar-refractivity contribution in [2.75, 3.05) is 19.5 Å².